The molecule has 0 amide bonds. The van der Waals surface area contributed by atoms with E-state index in [0.29, 0.717) is 6.61 Å². The fourth-order valence-electron chi connectivity index (χ4n) is 2.47. The Morgan fingerprint density at radius 1 is 1.09 bits per heavy atom. The lowest BCUT2D eigenvalue weighted by Gasteiger charge is -2.16. The van der Waals surface area contributed by atoms with Gasteiger partial charge in [0.05, 0.1) is 13.7 Å². The molecule has 0 aromatic heterocycles. The Kier molecular flexibility index (Phi) is 4.81. The van der Waals surface area contributed by atoms with E-state index >= 15 is 0 Å². The van der Waals surface area contributed by atoms with E-state index < -0.39 is 0 Å². The van der Waals surface area contributed by atoms with Gasteiger partial charge in [0.1, 0.15) is 11.9 Å². The quantitative estimate of drug-likeness (QED) is 0.921. The minimum Gasteiger partial charge on any atom is -0.497 e. The van der Waals surface area contributed by atoms with Crippen LogP contribution in [0.4, 0.5) is 0 Å². The Morgan fingerprint density at radius 2 is 1.86 bits per heavy atom. The Morgan fingerprint density at radius 3 is 2.64 bits per heavy atom. The van der Waals surface area contributed by atoms with Crippen LogP contribution in [0.15, 0.2) is 48.5 Å². The summed E-state index contributed by atoms with van der Waals surface area (Å²) < 4.78 is 16.9. The second-order valence-corrected chi connectivity index (χ2v) is 5.30. The topological polar surface area (TPSA) is 39.7 Å². The normalized spacial score (nSPS) is 16.9. The molecule has 1 aliphatic heterocycles. The fraction of sp³-hybridized carbons (Fsp3) is 0.333. The Labute approximate surface area is 131 Å². The van der Waals surface area contributed by atoms with Crippen molar-refractivity contribution in [2.75, 3.05) is 20.3 Å². The molecule has 22 heavy (non-hydrogen) atoms. The van der Waals surface area contributed by atoms with Crippen molar-refractivity contribution in [1.29, 1.82) is 0 Å². The van der Waals surface area contributed by atoms with E-state index in [0.717, 1.165) is 36.8 Å². The number of hydrogen-bond acceptors (Lipinski definition) is 4. The molecule has 1 aliphatic rings. The number of fused-ring (bicyclic) bond motifs is 1. The van der Waals surface area contributed by atoms with Crippen LogP contribution in [0.2, 0.25) is 0 Å². The molecule has 0 spiro atoms. The van der Waals surface area contributed by atoms with E-state index in [-0.39, 0.29) is 6.10 Å². The van der Waals surface area contributed by atoms with Gasteiger partial charge in [0.25, 0.3) is 0 Å². The molecule has 1 atom stereocenters. The second-order valence-electron chi connectivity index (χ2n) is 5.30. The van der Waals surface area contributed by atoms with Crippen LogP contribution in [0.5, 0.6) is 17.2 Å². The standard InChI is InChI=1S/C18H21NO3/c1-20-15-8-6-14(7-9-15)12-19-13-16-10-11-21-17-4-2-3-5-18(17)22-16/h2-9,16,19H,10-13H2,1H3. The van der Waals surface area contributed by atoms with Crippen molar-refractivity contribution < 1.29 is 14.2 Å². The van der Waals surface area contributed by atoms with E-state index in [2.05, 4.69) is 17.4 Å². The predicted octanol–water partition coefficient (Wildman–Crippen LogP) is 3.01. The highest BCUT2D eigenvalue weighted by atomic mass is 16.5. The third-order valence-electron chi connectivity index (χ3n) is 3.70. The van der Waals surface area contributed by atoms with Gasteiger partial charge in [-0.15, -0.1) is 0 Å². The molecule has 0 fully saturated rings. The van der Waals surface area contributed by atoms with Gasteiger partial charge in [0.2, 0.25) is 0 Å². The third kappa shape index (κ3) is 3.71. The summed E-state index contributed by atoms with van der Waals surface area (Å²) in [6.45, 7) is 2.29. The molecular formula is C18H21NO3. The first kappa shape index (κ1) is 14.7. The van der Waals surface area contributed by atoms with Crippen molar-refractivity contribution in [3.05, 3.63) is 54.1 Å². The zero-order valence-electron chi connectivity index (χ0n) is 12.7. The van der Waals surface area contributed by atoms with Crippen molar-refractivity contribution >= 4 is 0 Å². The van der Waals surface area contributed by atoms with Crippen molar-refractivity contribution in [1.82, 2.24) is 5.32 Å². The first-order valence-electron chi connectivity index (χ1n) is 7.57. The lowest BCUT2D eigenvalue weighted by atomic mass is 10.2. The molecule has 116 valence electrons. The summed E-state index contributed by atoms with van der Waals surface area (Å²) in [4.78, 5) is 0. The van der Waals surface area contributed by atoms with E-state index in [9.17, 15) is 0 Å². The highest BCUT2D eigenvalue weighted by Gasteiger charge is 2.17. The summed E-state index contributed by atoms with van der Waals surface area (Å²) in [7, 11) is 1.68. The second kappa shape index (κ2) is 7.18. The van der Waals surface area contributed by atoms with Crippen molar-refractivity contribution in [2.45, 2.75) is 19.1 Å². The summed E-state index contributed by atoms with van der Waals surface area (Å²) in [5.41, 5.74) is 1.23. The number of para-hydroxylation sites is 2. The van der Waals surface area contributed by atoms with Crippen LogP contribution in [-0.2, 0) is 6.54 Å². The molecule has 0 saturated heterocycles. The van der Waals surface area contributed by atoms with Crippen molar-refractivity contribution in [3.63, 3.8) is 0 Å². The third-order valence-corrected chi connectivity index (χ3v) is 3.70. The first-order chi connectivity index (χ1) is 10.8. The predicted molar refractivity (Wildman–Crippen MR) is 85.7 cm³/mol. The van der Waals surface area contributed by atoms with Crippen LogP contribution in [0.3, 0.4) is 0 Å². The molecular weight excluding hydrogens is 278 g/mol. The summed E-state index contributed by atoms with van der Waals surface area (Å²) in [6.07, 6.45) is 1.01. The van der Waals surface area contributed by atoms with Gasteiger partial charge < -0.3 is 19.5 Å². The Balaban J connectivity index is 1.51. The minimum absolute atomic E-state index is 0.127. The van der Waals surface area contributed by atoms with Crippen LogP contribution in [0.25, 0.3) is 0 Å². The number of ether oxygens (including phenoxy) is 3. The Hall–Kier alpha value is -2.20. The molecule has 0 bridgehead atoms. The maximum atomic E-state index is 6.02. The lowest BCUT2D eigenvalue weighted by molar-refractivity contribution is 0.187. The maximum absolute atomic E-state index is 6.02. The highest BCUT2D eigenvalue weighted by Crippen LogP contribution is 2.30. The zero-order chi connectivity index (χ0) is 15.2. The van der Waals surface area contributed by atoms with Gasteiger partial charge in [-0.3, -0.25) is 0 Å². The number of nitrogens with one attached hydrogen (secondary N) is 1. The summed E-state index contributed by atoms with van der Waals surface area (Å²) >= 11 is 0. The monoisotopic (exact) mass is 299 g/mol. The van der Waals surface area contributed by atoms with Gasteiger partial charge in [-0.05, 0) is 29.8 Å². The van der Waals surface area contributed by atoms with Crippen LogP contribution in [0, 0.1) is 0 Å². The first-order valence-corrected chi connectivity index (χ1v) is 7.57. The summed E-state index contributed by atoms with van der Waals surface area (Å²) in [5, 5.41) is 3.45. The van der Waals surface area contributed by atoms with Crippen LogP contribution in [-0.4, -0.2) is 26.4 Å². The van der Waals surface area contributed by atoms with Crippen LogP contribution >= 0.6 is 0 Å². The van der Waals surface area contributed by atoms with Crippen molar-refractivity contribution in [3.8, 4) is 17.2 Å². The Bertz CT molecular complexity index is 598. The number of methoxy groups -OCH3 is 1. The van der Waals surface area contributed by atoms with Crippen molar-refractivity contribution in [2.24, 2.45) is 0 Å². The molecule has 1 N–H and O–H groups in total. The average Bonchev–Trinajstić information content (AvgIpc) is 2.77. The van der Waals surface area contributed by atoms with Gasteiger partial charge >= 0.3 is 0 Å². The SMILES string of the molecule is COc1ccc(CNCC2CCOc3ccccc3O2)cc1. The number of benzene rings is 2. The molecule has 0 saturated carbocycles. The average molecular weight is 299 g/mol. The summed E-state index contributed by atoms with van der Waals surface area (Å²) in [6, 6.07) is 15.9. The van der Waals surface area contributed by atoms with E-state index in [4.69, 9.17) is 14.2 Å². The maximum Gasteiger partial charge on any atom is 0.161 e. The fourth-order valence-corrected chi connectivity index (χ4v) is 2.47. The van der Waals surface area contributed by atoms with Crippen LogP contribution in [0.1, 0.15) is 12.0 Å². The lowest BCUT2D eigenvalue weighted by Crippen LogP contribution is -2.31. The van der Waals surface area contributed by atoms with Gasteiger partial charge in [0, 0.05) is 19.5 Å². The molecule has 2 aromatic carbocycles. The molecule has 0 aliphatic carbocycles. The largest absolute Gasteiger partial charge is 0.497 e. The number of rotatable bonds is 5. The summed E-state index contributed by atoms with van der Waals surface area (Å²) in [5.74, 6) is 2.54. The van der Waals surface area contributed by atoms with Crippen LogP contribution < -0.4 is 19.5 Å². The zero-order valence-corrected chi connectivity index (χ0v) is 12.7. The van der Waals surface area contributed by atoms with Gasteiger partial charge in [-0.1, -0.05) is 24.3 Å². The van der Waals surface area contributed by atoms with Gasteiger partial charge in [0.15, 0.2) is 11.5 Å². The molecule has 3 rings (SSSR count). The van der Waals surface area contributed by atoms with E-state index in [1.807, 2.05) is 36.4 Å². The molecule has 1 heterocycles. The van der Waals surface area contributed by atoms with E-state index in [1.165, 1.54) is 5.56 Å². The van der Waals surface area contributed by atoms with Gasteiger partial charge in [-0.25, -0.2) is 0 Å². The highest BCUT2D eigenvalue weighted by molar-refractivity contribution is 5.40. The molecule has 1 unspecified atom stereocenters. The molecule has 4 heteroatoms. The minimum atomic E-state index is 0.127. The van der Waals surface area contributed by atoms with Gasteiger partial charge in [-0.2, -0.15) is 0 Å². The smallest absolute Gasteiger partial charge is 0.161 e. The molecule has 2 aromatic rings. The number of hydrogen-bond donors (Lipinski definition) is 1. The van der Waals surface area contributed by atoms with E-state index in [1.54, 1.807) is 7.11 Å². The molecule has 4 nitrogen and oxygen atoms in total. The molecule has 0 radical (unpaired) electrons.